The van der Waals surface area contributed by atoms with Gasteiger partial charge >= 0.3 is 0 Å². The maximum Gasteiger partial charge on any atom is 0.0639 e. The van der Waals surface area contributed by atoms with Crippen molar-refractivity contribution < 1.29 is 4.74 Å². The van der Waals surface area contributed by atoms with E-state index in [-0.39, 0.29) is 17.6 Å². The average molecular weight is 264 g/mol. The molecule has 19 heavy (non-hydrogen) atoms. The zero-order valence-corrected chi connectivity index (χ0v) is 12.9. The minimum atomic E-state index is 0.155. The zero-order chi connectivity index (χ0) is 14.5. The fourth-order valence-electron chi connectivity index (χ4n) is 1.90. The maximum atomic E-state index is 5.60. The van der Waals surface area contributed by atoms with Crippen molar-refractivity contribution >= 4 is 0 Å². The van der Waals surface area contributed by atoms with E-state index in [1.165, 1.54) is 11.1 Å². The van der Waals surface area contributed by atoms with Gasteiger partial charge in [0.05, 0.1) is 12.7 Å². The van der Waals surface area contributed by atoms with Crippen molar-refractivity contribution in [2.45, 2.75) is 58.6 Å². The number of nitrogens with two attached hydrogens (primary N) is 1. The third-order valence-electron chi connectivity index (χ3n) is 3.17. The molecule has 1 atom stereocenters. The van der Waals surface area contributed by atoms with Crippen molar-refractivity contribution in [3.8, 4) is 0 Å². The summed E-state index contributed by atoms with van der Waals surface area (Å²) in [6.07, 6.45) is 1.12. The van der Waals surface area contributed by atoms with E-state index in [1.54, 1.807) is 0 Å². The van der Waals surface area contributed by atoms with E-state index in [2.05, 4.69) is 50.5 Å². The number of hydrogen-bond donors (Lipinski definition) is 2. The van der Waals surface area contributed by atoms with Gasteiger partial charge in [0.2, 0.25) is 0 Å². The molecule has 0 aliphatic carbocycles. The van der Waals surface area contributed by atoms with Crippen molar-refractivity contribution in [3.05, 3.63) is 35.4 Å². The largest absolute Gasteiger partial charge is 0.377 e. The molecule has 0 amide bonds. The van der Waals surface area contributed by atoms with Gasteiger partial charge in [-0.2, -0.15) is 0 Å². The molecule has 108 valence electrons. The lowest BCUT2D eigenvalue weighted by Gasteiger charge is -2.21. The highest BCUT2D eigenvalue weighted by Gasteiger charge is 2.14. The molecule has 0 aliphatic rings. The van der Waals surface area contributed by atoms with Gasteiger partial charge in [-0.1, -0.05) is 45.0 Å². The third kappa shape index (κ3) is 5.72. The molecule has 0 bridgehead atoms. The van der Waals surface area contributed by atoms with Gasteiger partial charge in [0.25, 0.3) is 0 Å². The van der Waals surface area contributed by atoms with Gasteiger partial charge in [-0.25, -0.2) is 0 Å². The molecule has 1 aromatic rings. The van der Waals surface area contributed by atoms with Crippen LogP contribution in [0.15, 0.2) is 24.3 Å². The Morgan fingerprint density at radius 2 is 1.74 bits per heavy atom. The van der Waals surface area contributed by atoms with Crippen LogP contribution in [-0.4, -0.2) is 18.8 Å². The maximum absolute atomic E-state index is 5.60. The van der Waals surface area contributed by atoms with Crippen LogP contribution in [0, 0.1) is 0 Å². The number of hydrogen-bond acceptors (Lipinski definition) is 3. The third-order valence-corrected chi connectivity index (χ3v) is 3.17. The van der Waals surface area contributed by atoms with Crippen LogP contribution in [-0.2, 0) is 16.6 Å². The van der Waals surface area contributed by atoms with Gasteiger partial charge in [-0.15, -0.1) is 0 Å². The van der Waals surface area contributed by atoms with Gasteiger partial charge < -0.3 is 4.74 Å². The minimum absolute atomic E-state index is 0.155. The van der Waals surface area contributed by atoms with Crippen LogP contribution in [0.25, 0.3) is 0 Å². The summed E-state index contributed by atoms with van der Waals surface area (Å²) in [5.41, 5.74) is 5.66. The second-order valence-corrected chi connectivity index (χ2v) is 6.40. The van der Waals surface area contributed by atoms with E-state index >= 15 is 0 Å². The molecule has 0 saturated heterocycles. The van der Waals surface area contributed by atoms with E-state index < -0.39 is 0 Å². The molecule has 3 N–H and O–H groups in total. The molecule has 0 fully saturated rings. The Balaban J connectivity index is 2.60. The molecule has 3 heteroatoms. The van der Waals surface area contributed by atoms with Gasteiger partial charge in [-0.3, -0.25) is 11.3 Å². The van der Waals surface area contributed by atoms with Crippen molar-refractivity contribution in [1.29, 1.82) is 0 Å². The lowest BCUT2D eigenvalue weighted by atomic mass is 9.86. The molecule has 0 aromatic heterocycles. The number of benzene rings is 1. The summed E-state index contributed by atoms with van der Waals surface area (Å²) in [7, 11) is 0. The Bertz CT molecular complexity index is 365. The summed E-state index contributed by atoms with van der Waals surface area (Å²) in [5, 5.41) is 0. The smallest absolute Gasteiger partial charge is 0.0639 e. The average Bonchev–Trinajstić information content (AvgIpc) is 2.33. The first kappa shape index (κ1) is 16.2. The van der Waals surface area contributed by atoms with Crippen LogP contribution >= 0.6 is 0 Å². The second kappa shape index (κ2) is 7.04. The summed E-state index contributed by atoms with van der Waals surface area (Å²) in [5.74, 6) is 5.58. The first-order chi connectivity index (χ1) is 8.82. The van der Waals surface area contributed by atoms with Gasteiger partial charge in [-0.05, 0) is 36.8 Å². The SMILES string of the molecule is CC(C)OCC(Cc1ccc(C(C)(C)C)cc1)NN. The fraction of sp³-hybridized carbons (Fsp3) is 0.625. The lowest BCUT2D eigenvalue weighted by Crippen LogP contribution is -2.40. The quantitative estimate of drug-likeness (QED) is 0.613. The Hall–Kier alpha value is -0.900. The number of nitrogens with one attached hydrogen (secondary N) is 1. The molecule has 1 unspecified atom stereocenters. The Morgan fingerprint density at radius 3 is 2.16 bits per heavy atom. The molecule has 3 nitrogen and oxygen atoms in total. The van der Waals surface area contributed by atoms with Crippen LogP contribution < -0.4 is 11.3 Å². The molecule has 0 spiro atoms. The highest BCUT2D eigenvalue weighted by molar-refractivity contribution is 5.27. The molecule has 1 rings (SSSR count). The zero-order valence-electron chi connectivity index (χ0n) is 12.9. The highest BCUT2D eigenvalue weighted by Crippen LogP contribution is 2.22. The number of ether oxygens (including phenoxy) is 1. The fourth-order valence-corrected chi connectivity index (χ4v) is 1.90. The Kier molecular flexibility index (Phi) is 5.98. The van der Waals surface area contributed by atoms with Crippen LogP contribution in [0.5, 0.6) is 0 Å². The Morgan fingerprint density at radius 1 is 1.16 bits per heavy atom. The number of rotatable bonds is 6. The van der Waals surface area contributed by atoms with Crippen molar-refractivity contribution in [2.24, 2.45) is 5.84 Å². The number of hydrazine groups is 1. The standard InChI is InChI=1S/C16H28N2O/c1-12(2)19-11-15(18-17)10-13-6-8-14(9-7-13)16(3,4)5/h6-9,12,15,18H,10-11,17H2,1-5H3. The molecule has 0 aliphatic heterocycles. The van der Waals surface area contributed by atoms with Crippen LogP contribution in [0.2, 0.25) is 0 Å². The first-order valence-electron chi connectivity index (χ1n) is 7.00. The molecule has 0 saturated carbocycles. The molecule has 0 radical (unpaired) electrons. The van der Waals surface area contributed by atoms with E-state index in [1.807, 2.05) is 13.8 Å². The summed E-state index contributed by atoms with van der Waals surface area (Å²) in [4.78, 5) is 0. The van der Waals surface area contributed by atoms with Crippen molar-refractivity contribution in [2.75, 3.05) is 6.61 Å². The lowest BCUT2D eigenvalue weighted by molar-refractivity contribution is 0.0613. The van der Waals surface area contributed by atoms with Crippen LogP contribution in [0.3, 0.4) is 0 Å². The molecule has 1 aromatic carbocycles. The van der Waals surface area contributed by atoms with E-state index in [9.17, 15) is 0 Å². The van der Waals surface area contributed by atoms with Crippen molar-refractivity contribution in [3.63, 3.8) is 0 Å². The van der Waals surface area contributed by atoms with E-state index in [0.717, 1.165) is 6.42 Å². The predicted octanol–water partition coefficient (Wildman–Crippen LogP) is 2.78. The normalized spacial score (nSPS) is 13.8. The van der Waals surface area contributed by atoms with E-state index in [4.69, 9.17) is 10.6 Å². The molecular formula is C16H28N2O. The minimum Gasteiger partial charge on any atom is -0.377 e. The van der Waals surface area contributed by atoms with Crippen LogP contribution in [0.4, 0.5) is 0 Å². The van der Waals surface area contributed by atoms with Gasteiger partial charge in [0, 0.05) is 6.04 Å². The van der Waals surface area contributed by atoms with Gasteiger partial charge in [0.15, 0.2) is 0 Å². The summed E-state index contributed by atoms with van der Waals surface area (Å²) in [6.45, 7) is 11.4. The van der Waals surface area contributed by atoms with Crippen LogP contribution in [0.1, 0.15) is 45.7 Å². The highest BCUT2D eigenvalue weighted by atomic mass is 16.5. The summed E-state index contributed by atoms with van der Waals surface area (Å²) < 4.78 is 5.60. The second-order valence-electron chi connectivity index (χ2n) is 6.40. The van der Waals surface area contributed by atoms with Crippen molar-refractivity contribution in [1.82, 2.24) is 5.43 Å². The van der Waals surface area contributed by atoms with Gasteiger partial charge in [0.1, 0.15) is 0 Å². The molecular weight excluding hydrogens is 236 g/mol. The summed E-state index contributed by atoms with van der Waals surface area (Å²) >= 11 is 0. The monoisotopic (exact) mass is 264 g/mol. The summed E-state index contributed by atoms with van der Waals surface area (Å²) in [6, 6.07) is 8.92. The Labute approximate surface area is 117 Å². The molecule has 0 heterocycles. The predicted molar refractivity (Wildman–Crippen MR) is 81.0 cm³/mol. The topological polar surface area (TPSA) is 47.3 Å². The first-order valence-corrected chi connectivity index (χ1v) is 7.00. The van der Waals surface area contributed by atoms with E-state index in [0.29, 0.717) is 6.61 Å².